The van der Waals surface area contributed by atoms with E-state index < -0.39 is 0 Å². The molecule has 2 aliphatic rings. The second-order valence-electron chi connectivity index (χ2n) is 5.25. The molecule has 0 bridgehead atoms. The zero-order chi connectivity index (χ0) is 11.8. The Morgan fingerprint density at radius 3 is 2.47 bits per heavy atom. The molecule has 1 aromatic rings. The quantitative estimate of drug-likeness (QED) is 0.789. The number of nitrogens with zero attached hydrogens (tertiary/aromatic N) is 2. The highest BCUT2D eigenvalue weighted by Gasteiger charge is 2.31. The van der Waals surface area contributed by atoms with Crippen LogP contribution < -0.4 is 10.6 Å². The molecule has 3 heteroatoms. The van der Waals surface area contributed by atoms with Crippen LogP contribution in [-0.2, 0) is 0 Å². The number of hydrogen-bond donors (Lipinski definition) is 1. The van der Waals surface area contributed by atoms with E-state index in [1.165, 1.54) is 37.2 Å². The summed E-state index contributed by atoms with van der Waals surface area (Å²) in [5, 5.41) is 0. The van der Waals surface area contributed by atoms with Crippen LogP contribution in [0, 0.1) is 6.92 Å². The predicted molar refractivity (Wildman–Crippen MR) is 72.4 cm³/mol. The summed E-state index contributed by atoms with van der Waals surface area (Å²) in [7, 11) is 0. The van der Waals surface area contributed by atoms with Crippen molar-refractivity contribution >= 4 is 11.4 Å². The lowest BCUT2D eigenvalue weighted by molar-refractivity contribution is 0.248. The Hall–Kier alpha value is -1.22. The molecular formula is C14H21N3. The van der Waals surface area contributed by atoms with Crippen LogP contribution in [0.15, 0.2) is 18.2 Å². The third-order valence-corrected chi connectivity index (χ3v) is 4.07. The molecule has 2 fully saturated rings. The molecule has 0 atom stereocenters. The minimum absolute atomic E-state index is 0.902. The van der Waals surface area contributed by atoms with Gasteiger partial charge >= 0.3 is 0 Å². The maximum Gasteiger partial charge on any atom is 0.0417 e. The van der Waals surface area contributed by atoms with Crippen molar-refractivity contribution in [1.29, 1.82) is 0 Å². The van der Waals surface area contributed by atoms with Crippen molar-refractivity contribution in [2.45, 2.75) is 25.8 Å². The summed E-state index contributed by atoms with van der Waals surface area (Å²) in [6.07, 6.45) is 2.83. The van der Waals surface area contributed by atoms with Crippen molar-refractivity contribution in [1.82, 2.24) is 4.90 Å². The zero-order valence-electron chi connectivity index (χ0n) is 10.5. The molecule has 1 aliphatic heterocycles. The van der Waals surface area contributed by atoms with Gasteiger partial charge in [-0.1, -0.05) is 6.07 Å². The van der Waals surface area contributed by atoms with E-state index in [9.17, 15) is 0 Å². The minimum atomic E-state index is 0.902. The zero-order valence-corrected chi connectivity index (χ0v) is 10.5. The summed E-state index contributed by atoms with van der Waals surface area (Å²) >= 11 is 0. The molecule has 17 heavy (non-hydrogen) atoms. The monoisotopic (exact) mass is 231 g/mol. The lowest BCUT2D eigenvalue weighted by Gasteiger charge is -2.37. The molecule has 1 aromatic carbocycles. The number of hydrogen-bond acceptors (Lipinski definition) is 3. The molecule has 1 saturated heterocycles. The van der Waals surface area contributed by atoms with Crippen molar-refractivity contribution in [2.75, 3.05) is 36.8 Å². The van der Waals surface area contributed by atoms with Gasteiger partial charge in [0.25, 0.3) is 0 Å². The van der Waals surface area contributed by atoms with Gasteiger partial charge in [-0.05, 0) is 37.5 Å². The standard InChI is InChI=1S/C14H21N3/c1-11-13(15)3-2-4-14(11)17-9-7-16(8-10-17)12-5-6-12/h2-4,12H,5-10,15H2,1H3. The van der Waals surface area contributed by atoms with Gasteiger partial charge in [-0.25, -0.2) is 0 Å². The van der Waals surface area contributed by atoms with Crippen molar-refractivity contribution in [3.8, 4) is 0 Å². The molecular weight excluding hydrogens is 210 g/mol. The Kier molecular flexibility index (Phi) is 2.71. The van der Waals surface area contributed by atoms with E-state index in [4.69, 9.17) is 5.73 Å². The van der Waals surface area contributed by atoms with Crippen LogP contribution in [0.3, 0.4) is 0 Å². The average Bonchev–Trinajstić information content (AvgIpc) is 3.17. The van der Waals surface area contributed by atoms with Gasteiger partial charge in [-0.3, -0.25) is 4.90 Å². The molecule has 1 saturated carbocycles. The molecule has 2 N–H and O–H groups in total. The van der Waals surface area contributed by atoms with Crippen molar-refractivity contribution in [3.63, 3.8) is 0 Å². The molecule has 1 aliphatic carbocycles. The molecule has 3 rings (SSSR count). The number of nitrogen functional groups attached to an aromatic ring is 1. The van der Waals surface area contributed by atoms with E-state index >= 15 is 0 Å². The number of anilines is 2. The third-order valence-electron chi connectivity index (χ3n) is 4.07. The van der Waals surface area contributed by atoms with E-state index in [0.717, 1.165) is 24.8 Å². The highest BCUT2D eigenvalue weighted by molar-refractivity contribution is 5.64. The third kappa shape index (κ3) is 2.12. The van der Waals surface area contributed by atoms with Crippen LogP contribution in [0.1, 0.15) is 18.4 Å². The summed E-state index contributed by atoms with van der Waals surface area (Å²) < 4.78 is 0. The fourth-order valence-corrected chi connectivity index (χ4v) is 2.75. The van der Waals surface area contributed by atoms with Gasteiger partial charge in [0.05, 0.1) is 0 Å². The largest absolute Gasteiger partial charge is 0.398 e. The maximum absolute atomic E-state index is 5.98. The molecule has 1 heterocycles. The van der Waals surface area contributed by atoms with Crippen LogP contribution in [-0.4, -0.2) is 37.1 Å². The summed E-state index contributed by atoms with van der Waals surface area (Å²) in [4.78, 5) is 5.11. The van der Waals surface area contributed by atoms with Crippen LogP contribution in [0.5, 0.6) is 0 Å². The topological polar surface area (TPSA) is 32.5 Å². The van der Waals surface area contributed by atoms with Crippen LogP contribution in [0.25, 0.3) is 0 Å². The second-order valence-corrected chi connectivity index (χ2v) is 5.25. The Labute approximate surface area is 103 Å². The first-order valence-electron chi connectivity index (χ1n) is 6.60. The van der Waals surface area contributed by atoms with E-state index in [-0.39, 0.29) is 0 Å². The van der Waals surface area contributed by atoms with Crippen LogP contribution >= 0.6 is 0 Å². The van der Waals surface area contributed by atoms with Crippen LogP contribution in [0.4, 0.5) is 11.4 Å². The lowest BCUT2D eigenvalue weighted by atomic mass is 10.1. The lowest BCUT2D eigenvalue weighted by Crippen LogP contribution is -2.47. The average molecular weight is 231 g/mol. The number of rotatable bonds is 2. The van der Waals surface area contributed by atoms with Crippen LogP contribution in [0.2, 0.25) is 0 Å². The number of piperazine rings is 1. The van der Waals surface area contributed by atoms with Gasteiger partial charge in [-0.2, -0.15) is 0 Å². The highest BCUT2D eigenvalue weighted by Crippen LogP contribution is 2.30. The predicted octanol–water partition coefficient (Wildman–Crippen LogP) is 1.86. The summed E-state index contributed by atoms with van der Waals surface area (Å²) in [5.41, 5.74) is 9.43. The van der Waals surface area contributed by atoms with E-state index in [1.807, 2.05) is 6.07 Å². The molecule has 3 nitrogen and oxygen atoms in total. The Morgan fingerprint density at radius 1 is 1.12 bits per heavy atom. The van der Waals surface area contributed by atoms with Gasteiger partial charge in [0.15, 0.2) is 0 Å². The van der Waals surface area contributed by atoms with E-state index in [1.54, 1.807) is 0 Å². The normalized spacial score (nSPS) is 21.8. The molecule has 0 spiro atoms. The number of nitrogens with two attached hydrogens (primary N) is 1. The molecule has 0 radical (unpaired) electrons. The summed E-state index contributed by atoms with van der Waals surface area (Å²) in [6, 6.07) is 7.14. The maximum atomic E-state index is 5.98. The first kappa shape index (κ1) is 10.9. The summed E-state index contributed by atoms with van der Waals surface area (Å²) in [5.74, 6) is 0. The molecule has 0 amide bonds. The van der Waals surface area contributed by atoms with Gasteiger partial charge in [-0.15, -0.1) is 0 Å². The number of benzene rings is 1. The second kappa shape index (κ2) is 4.22. The molecule has 0 aromatic heterocycles. The molecule has 92 valence electrons. The van der Waals surface area contributed by atoms with Crippen molar-refractivity contribution < 1.29 is 0 Å². The Bertz CT molecular complexity index is 404. The van der Waals surface area contributed by atoms with Gasteiger partial charge in [0.1, 0.15) is 0 Å². The fourth-order valence-electron chi connectivity index (χ4n) is 2.75. The Morgan fingerprint density at radius 2 is 1.82 bits per heavy atom. The van der Waals surface area contributed by atoms with E-state index in [2.05, 4.69) is 28.9 Å². The Balaban J connectivity index is 1.71. The van der Waals surface area contributed by atoms with Crippen molar-refractivity contribution in [3.05, 3.63) is 23.8 Å². The first-order valence-corrected chi connectivity index (χ1v) is 6.60. The summed E-state index contributed by atoms with van der Waals surface area (Å²) in [6.45, 7) is 6.82. The highest BCUT2D eigenvalue weighted by atomic mass is 15.3. The van der Waals surface area contributed by atoms with Gasteiger partial charge < -0.3 is 10.6 Å². The first-order chi connectivity index (χ1) is 8.25. The van der Waals surface area contributed by atoms with E-state index in [0.29, 0.717) is 0 Å². The van der Waals surface area contributed by atoms with Crippen molar-refractivity contribution in [2.24, 2.45) is 0 Å². The van der Waals surface area contributed by atoms with Gasteiger partial charge in [0, 0.05) is 43.6 Å². The fraction of sp³-hybridized carbons (Fsp3) is 0.571. The SMILES string of the molecule is Cc1c(N)cccc1N1CCN(C2CC2)CC1. The smallest absolute Gasteiger partial charge is 0.0417 e. The van der Waals surface area contributed by atoms with Gasteiger partial charge in [0.2, 0.25) is 0 Å². The molecule has 0 unspecified atom stereocenters. The minimum Gasteiger partial charge on any atom is -0.398 e.